The molecular formula is C11H7N3O3S2. The van der Waals surface area contributed by atoms with Crippen molar-refractivity contribution in [2.24, 2.45) is 0 Å². The minimum atomic E-state index is -0.435. The Balaban J connectivity index is 2.04. The highest BCUT2D eigenvalue weighted by atomic mass is 32.2. The molecule has 0 aliphatic heterocycles. The van der Waals surface area contributed by atoms with Gasteiger partial charge in [0.2, 0.25) is 5.03 Å². The Kier molecular flexibility index (Phi) is 2.88. The van der Waals surface area contributed by atoms with Gasteiger partial charge in [-0.05, 0) is 29.2 Å². The molecule has 0 saturated carbocycles. The van der Waals surface area contributed by atoms with Gasteiger partial charge in [-0.15, -0.1) is 0 Å². The summed E-state index contributed by atoms with van der Waals surface area (Å²) in [6.45, 7) is 0. The average Bonchev–Trinajstić information content (AvgIpc) is 2.91. The van der Waals surface area contributed by atoms with Gasteiger partial charge in [-0.25, -0.2) is 0 Å². The summed E-state index contributed by atoms with van der Waals surface area (Å²) in [5, 5.41) is 22.5. The summed E-state index contributed by atoms with van der Waals surface area (Å²) in [5.41, 5.74) is 0. The molecule has 0 aliphatic carbocycles. The number of nitro groups is 1. The normalized spacial score (nSPS) is 10.9. The Morgan fingerprint density at radius 2 is 2.11 bits per heavy atom. The molecule has 1 aromatic carbocycles. The van der Waals surface area contributed by atoms with Crippen LogP contribution >= 0.6 is 23.1 Å². The maximum absolute atomic E-state index is 11.1. The van der Waals surface area contributed by atoms with Gasteiger partial charge in [0, 0.05) is 10.3 Å². The van der Waals surface area contributed by atoms with E-state index < -0.39 is 4.92 Å². The van der Waals surface area contributed by atoms with E-state index in [-0.39, 0.29) is 11.6 Å². The molecule has 96 valence electrons. The fourth-order valence-corrected chi connectivity index (χ4v) is 3.27. The predicted octanol–water partition coefficient (Wildman–Crippen LogP) is 3.16. The molecule has 0 spiro atoms. The summed E-state index contributed by atoms with van der Waals surface area (Å²) < 4.78 is 1.47. The van der Waals surface area contributed by atoms with Gasteiger partial charge in [0.25, 0.3) is 4.96 Å². The Bertz CT molecular complexity index is 748. The molecule has 8 heteroatoms. The molecule has 0 unspecified atom stereocenters. The number of hydrogen-bond donors (Lipinski definition) is 1. The smallest absolute Gasteiger partial charge is 0.363 e. The maximum Gasteiger partial charge on any atom is 0.363 e. The molecule has 0 bridgehead atoms. The third-order valence-corrected chi connectivity index (χ3v) is 4.16. The van der Waals surface area contributed by atoms with Crippen LogP contribution in [0.15, 0.2) is 45.8 Å². The van der Waals surface area contributed by atoms with Gasteiger partial charge in [0.1, 0.15) is 11.9 Å². The SMILES string of the molecule is O=[N+]([O-])c1c(Sc2ccc(O)cc2)nc2sccn12. The van der Waals surface area contributed by atoms with Crippen LogP contribution in [0.25, 0.3) is 4.96 Å². The summed E-state index contributed by atoms with van der Waals surface area (Å²) in [7, 11) is 0. The quantitative estimate of drug-likeness (QED) is 0.592. The number of rotatable bonds is 3. The summed E-state index contributed by atoms with van der Waals surface area (Å²) in [4.78, 5) is 16.3. The number of aromatic hydroxyl groups is 1. The van der Waals surface area contributed by atoms with Crippen molar-refractivity contribution in [3.8, 4) is 5.75 Å². The van der Waals surface area contributed by atoms with Crippen molar-refractivity contribution < 1.29 is 10.0 Å². The molecule has 19 heavy (non-hydrogen) atoms. The van der Waals surface area contributed by atoms with Crippen molar-refractivity contribution in [3.05, 3.63) is 46.0 Å². The van der Waals surface area contributed by atoms with E-state index in [2.05, 4.69) is 4.98 Å². The highest BCUT2D eigenvalue weighted by molar-refractivity contribution is 7.99. The van der Waals surface area contributed by atoms with Crippen molar-refractivity contribution in [1.29, 1.82) is 0 Å². The molecule has 0 aliphatic rings. The number of fused-ring (bicyclic) bond motifs is 1. The molecular weight excluding hydrogens is 286 g/mol. The number of phenolic OH excluding ortho intramolecular Hbond substituents is 1. The average molecular weight is 293 g/mol. The van der Waals surface area contributed by atoms with Crippen LogP contribution in [-0.2, 0) is 0 Å². The second-order valence-corrected chi connectivity index (χ2v) is 5.58. The number of aromatic nitrogens is 2. The number of hydrogen-bond acceptors (Lipinski definition) is 6. The van der Waals surface area contributed by atoms with Gasteiger partial charge < -0.3 is 15.2 Å². The summed E-state index contributed by atoms with van der Waals surface area (Å²) >= 11 is 2.55. The molecule has 3 rings (SSSR count). The number of nitrogens with zero attached hydrogens (tertiary/aromatic N) is 3. The first-order valence-corrected chi connectivity index (χ1v) is 6.91. The Hall–Kier alpha value is -2.06. The molecule has 0 radical (unpaired) electrons. The molecule has 2 heterocycles. The van der Waals surface area contributed by atoms with E-state index in [1.54, 1.807) is 23.7 Å². The Morgan fingerprint density at radius 1 is 1.37 bits per heavy atom. The predicted molar refractivity (Wildman–Crippen MR) is 72.0 cm³/mol. The van der Waals surface area contributed by atoms with Gasteiger partial charge in [-0.1, -0.05) is 23.1 Å². The van der Waals surface area contributed by atoms with Crippen molar-refractivity contribution in [1.82, 2.24) is 9.38 Å². The summed E-state index contributed by atoms with van der Waals surface area (Å²) in [6.07, 6.45) is 1.63. The Labute approximate surface area is 115 Å². The standard InChI is InChI=1S/C11H7N3O3S2/c15-7-1-3-8(4-2-7)19-9-10(14(16)17)13-5-6-18-11(13)12-9/h1-6,15H. The van der Waals surface area contributed by atoms with Gasteiger partial charge in [-0.3, -0.25) is 0 Å². The van der Waals surface area contributed by atoms with Crippen molar-refractivity contribution in [3.63, 3.8) is 0 Å². The van der Waals surface area contributed by atoms with Gasteiger partial charge in [-0.2, -0.15) is 9.38 Å². The van der Waals surface area contributed by atoms with Crippen molar-refractivity contribution in [2.75, 3.05) is 0 Å². The first-order valence-electron chi connectivity index (χ1n) is 5.22. The van der Waals surface area contributed by atoms with E-state index in [1.807, 2.05) is 0 Å². The van der Waals surface area contributed by atoms with E-state index in [1.165, 1.54) is 39.6 Å². The minimum absolute atomic E-state index is 0.0330. The lowest BCUT2D eigenvalue weighted by molar-refractivity contribution is -0.393. The summed E-state index contributed by atoms with van der Waals surface area (Å²) in [5.74, 6) is 0.124. The van der Waals surface area contributed by atoms with Crippen LogP contribution in [0, 0.1) is 10.1 Å². The van der Waals surface area contributed by atoms with Crippen molar-refractivity contribution >= 4 is 33.9 Å². The van der Waals surface area contributed by atoms with Crippen LogP contribution < -0.4 is 0 Å². The molecule has 6 nitrogen and oxygen atoms in total. The highest BCUT2D eigenvalue weighted by Gasteiger charge is 2.24. The second kappa shape index (κ2) is 4.56. The largest absolute Gasteiger partial charge is 0.508 e. The van der Waals surface area contributed by atoms with Crippen LogP contribution in [0.1, 0.15) is 0 Å². The van der Waals surface area contributed by atoms with Gasteiger partial charge in [0.05, 0.1) is 0 Å². The number of thiazole rings is 1. The fraction of sp³-hybridized carbons (Fsp3) is 0. The van der Waals surface area contributed by atoms with Gasteiger partial charge >= 0.3 is 5.82 Å². The molecule has 1 N–H and O–H groups in total. The summed E-state index contributed by atoms with van der Waals surface area (Å²) in [6, 6.07) is 6.45. The topological polar surface area (TPSA) is 80.7 Å². The lowest BCUT2D eigenvalue weighted by Gasteiger charge is -1.99. The van der Waals surface area contributed by atoms with Crippen LogP contribution in [-0.4, -0.2) is 19.4 Å². The monoisotopic (exact) mass is 293 g/mol. The number of phenols is 1. The molecule has 0 atom stereocenters. The molecule has 0 saturated heterocycles. The molecule has 0 fully saturated rings. The molecule has 0 amide bonds. The van der Waals surface area contributed by atoms with Crippen molar-refractivity contribution in [2.45, 2.75) is 9.92 Å². The molecule has 3 aromatic rings. The lowest BCUT2D eigenvalue weighted by atomic mass is 10.3. The van der Waals surface area contributed by atoms with Crippen LogP contribution in [0.3, 0.4) is 0 Å². The van der Waals surface area contributed by atoms with E-state index in [4.69, 9.17) is 0 Å². The highest BCUT2D eigenvalue weighted by Crippen LogP contribution is 2.36. The number of benzene rings is 1. The van der Waals surface area contributed by atoms with Crippen LogP contribution in [0.2, 0.25) is 0 Å². The Morgan fingerprint density at radius 3 is 2.79 bits per heavy atom. The van der Waals surface area contributed by atoms with E-state index >= 15 is 0 Å². The fourth-order valence-electron chi connectivity index (χ4n) is 1.61. The zero-order valence-electron chi connectivity index (χ0n) is 9.39. The van der Waals surface area contributed by atoms with Gasteiger partial charge in [0.15, 0.2) is 0 Å². The maximum atomic E-state index is 11.1. The second-order valence-electron chi connectivity index (χ2n) is 3.65. The first-order chi connectivity index (χ1) is 9.15. The van der Waals surface area contributed by atoms with E-state index in [9.17, 15) is 15.2 Å². The zero-order valence-corrected chi connectivity index (χ0v) is 11.0. The van der Waals surface area contributed by atoms with E-state index in [0.29, 0.717) is 9.99 Å². The van der Waals surface area contributed by atoms with Crippen LogP contribution in [0.4, 0.5) is 5.82 Å². The molecule has 2 aromatic heterocycles. The zero-order chi connectivity index (χ0) is 13.4. The number of imidazole rings is 1. The first kappa shape index (κ1) is 12.0. The third-order valence-electron chi connectivity index (χ3n) is 2.43. The lowest BCUT2D eigenvalue weighted by Crippen LogP contribution is -1.93. The van der Waals surface area contributed by atoms with Crippen LogP contribution in [0.5, 0.6) is 5.75 Å². The minimum Gasteiger partial charge on any atom is -0.508 e. The third kappa shape index (κ3) is 2.15. The van der Waals surface area contributed by atoms with E-state index in [0.717, 1.165) is 4.90 Å².